The Bertz CT molecular complexity index is 878. The predicted octanol–water partition coefficient (Wildman–Crippen LogP) is 2.23. The first kappa shape index (κ1) is 20.4. The molecule has 1 N–H and O–H groups in total. The summed E-state index contributed by atoms with van der Waals surface area (Å²) in [5.74, 6) is -0.243. The van der Waals surface area contributed by atoms with Crippen LogP contribution in [0, 0.1) is 0 Å². The normalized spacial score (nSPS) is 13.2. The van der Waals surface area contributed by atoms with Crippen LogP contribution in [-0.2, 0) is 14.8 Å². The van der Waals surface area contributed by atoms with Gasteiger partial charge in [-0.05, 0) is 39.0 Å². The molecule has 0 aliphatic rings. The van der Waals surface area contributed by atoms with Gasteiger partial charge >= 0.3 is 0 Å². The summed E-state index contributed by atoms with van der Waals surface area (Å²) in [6.45, 7) is 5.78. The van der Waals surface area contributed by atoms with Crippen molar-refractivity contribution in [2.24, 2.45) is 0 Å². The zero-order valence-electron chi connectivity index (χ0n) is 15.4. The fourth-order valence-electron chi connectivity index (χ4n) is 2.07. The lowest BCUT2D eigenvalue weighted by molar-refractivity contribution is -0.115. The first-order chi connectivity index (χ1) is 12.1. The van der Waals surface area contributed by atoms with Gasteiger partial charge in [-0.1, -0.05) is 17.8 Å². The molecule has 1 atom stereocenters. The average Bonchev–Trinajstić information content (AvgIpc) is 3.03. The van der Waals surface area contributed by atoms with Gasteiger partial charge in [0.1, 0.15) is 6.33 Å². The van der Waals surface area contributed by atoms with E-state index in [1.54, 1.807) is 25.4 Å². The Morgan fingerprint density at radius 3 is 2.58 bits per heavy atom. The molecule has 0 aliphatic heterocycles. The van der Waals surface area contributed by atoms with Crippen molar-refractivity contribution < 1.29 is 13.2 Å². The molecule has 0 fully saturated rings. The van der Waals surface area contributed by atoms with Crippen molar-refractivity contribution in [2.45, 2.75) is 42.1 Å². The van der Waals surface area contributed by atoms with Crippen LogP contribution >= 0.6 is 11.8 Å². The molecule has 0 saturated heterocycles. The van der Waals surface area contributed by atoms with E-state index in [0.717, 1.165) is 4.31 Å². The summed E-state index contributed by atoms with van der Waals surface area (Å²) in [5, 5.41) is 10.9. The fourth-order valence-corrected chi connectivity index (χ4v) is 3.98. The van der Waals surface area contributed by atoms with Crippen LogP contribution < -0.4 is 5.32 Å². The minimum Gasteiger partial charge on any atom is -0.325 e. The van der Waals surface area contributed by atoms with Crippen LogP contribution in [0.2, 0.25) is 0 Å². The molecular formula is C16H23N5O3S2. The molecule has 0 saturated carbocycles. The number of aromatic nitrogens is 3. The van der Waals surface area contributed by atoms with Crippen molar-refractivity contribution in [3.63, 3.8) is 0 Å². The highest BCUT2D eigenvalue weighted by atomic mass is 32.2. The molecule has 1 unspecified atom stereocenters. The number of thioether (sulfide) groups is 1. The van der Waals surface area contributed by atoms with Gasteiger partial charge in [-0.3, -0.25) is 4.79 Å². The quantitative estimate of drug-likeness (QED) is 0.720. The van der Waals surface area contributed by atoms with Crippen molar-refractivity contribution in [2.75, 3.05) is 19.4 Å². The van der Waals surface area contributed by atoms with Gasteiger partial charge in [-0.15, -0.1) is 10.2 Å². The number of rotatable bonds is 7. The van der Waals surface area contributed by atoms with Crippen LogP contribution in [0.1, 0.15) is 26.8 Å². The van der Waals surface area contributed by atoms with Crippen LogP contribution in [0.15, 0.2) is 40.6 Å². The maximum Gasteiger partial charge on any atom is 0.242 e. The number of carbonyl (C=O) groups excluding carboxylic acids is 1. The lowest BCUT2D eigenvalue weighted by Crippen LogP contribution is -2.24. The van der Waals surface area contributed by atoms with Gasteiger partial charge in [-0.2, -0.15) is 0 Å². The SMILES string of the molecule is CC(Sc1nncn1C(C)C)C(=O)Nc1cccc(S(=O)(=O)N(C)C)c1. The monoisotopic (exact) mass is 397 g/mol. The van der Waals surface area contributed by atoms with Gasteiger partial charge in [-0.25, -0.2) is 12.7 Å². The highest BCUT2D eigenvalue weighted by molar-refractivity contribution is 8.00. The highest BCUT2D eigenvalue weighted by Crippen LogP contribution is 2.25. The van der Waals surface area contributed by atoms with E-state index in [1.807, 2.05) is 18.4 Å². The first-order valence-electron chi connectivity index (χ1n) is 8.02. The maximum absolute atomic E-state index is 12.5. The molecule has 1 amide bonds. The van der Waals surface area contributed by atoms with Crippen LogP contribution in [0.3, 0.4) is 0 Å². The number of hydrogen-bond acceptors (Lipinski definition) is 6. The molecule has 0 radical (unpaired) electrons. The molecular weight excluding hydrogens is 374 g/mol. The number of amides is 1. The minimum absolute atomic E-state index is 0.125. The number of anilines is 1. The number of hydrogen-bond donors (Lipinski definition) is 1. The van der Waals surface area contributed by atoms with E-state index in [2.05, 4.69) is 15.5 Å². The number of carbonyl (C=O) groups is 1. The molecule has 1 heterocycles. The van der Waals surface area contributed by atoms with E-state index in [4.69, 9.17) is 0 Å². The van der Waals surface area contributed by atoms with Gasteiger partial charge < -0.3 is 9.88 Å². The molecule has 26 heavy (non-hydrogen) atoms. The van der Waals surface area contributed by atoms with Crippen molar-refractivity contribution in [1.82, 2.24) is 19.1 Å². The van der Waals surface area contributed by atoms with Gasteiger partial charge in [0.25, 0.3) is 0 Å². The smallest absolute Gasteiger partial charge is 0.242 e. The molecule has 142 valence electrons. The summed E-state index contributed by atoms with van der Waals surface area (Å²) in [7, 11) is -0.631. The fraction of sp³-hybridized carbons (Fsp3) is 0.438. The topological polar surface area (TPSA) is 97.2 Å². The number of nitrogens with one attached hydrogen (secondary N) is 1. The standard InChI is InChI=1S/C16H23N5O3S2/c1-11(2)21-10-17-19-16(21)25-12(3)15(22)18-13-7-6-8-14(9-13)26(23,24)20(4)5/h6-12H,1-5H3,(H,18,22). The van der Waals surface area contributed by atoms with E-state index >= 15 is 0 Å². The van der Waals surface area contributed by atoms with E-state index in [0.29, 0.717) is 10.8 Å². The number of sulfonamides is 1. The predicted molar refractivity (Wildman–Crippen MR) is 102 cm³/mol. The van der Waals surface area contributed by atoms with Crippen molar-refractivity contribution in [3.8, 4) is 0 Å². The van der Waals surface area contributed by atoms with E-state index in [9.17, 15) is 13.2 Å². The second kappa shape index (κ2) is 8.19. The summed E-state index contributed by atoms with van der Waals surface area (Å²) in [6, 6.07) is 6.38. The zero-order chi connectivity index (χ0) is 19.5. The minimum atomic E-state index is -3.56. The Morgan fingerprint density at radius 2 is 1.96 bits per heavy atom. The summed E-state index contributed by atoms with van der Waals surface area (Å²) < 4.78 is 27.4. The summed E-state index contributed by atoms with van der Waals surface area (Å²) in [6.07, 6.45) is 1.63. The lowest BCUT2D eigenvalue weighted by atomic mass is 10.3. The van der Waals surface area contributed by atoms with Crippen molar-refractivity contribution in [3.05, 3.63) is 30.6 Å². The summed E-state index contributed by atoms with van der Waals surface area (Å²) in [5.41, 5.74) is 0.427. The highest BCUT2D eigenvalue weighted by Gasteiger charge is 2.21. The molecule has 8 nitrogen and oxygen atoms in total. The summed E-state index contributed by atoms with van der Waals surface area (Å²) >= 11 is 1.30. The maximum atomic E-state index is 12.5. The van der Waals surface area contributed by atoms with Crippen molar-refractivity contribution >= 4 is 33.4 Å². The van der Waals surface area contributed by atoms with E-state index in [1.165, 1.54) is 38.0 Å². The third kappa shape index (κ3) is 4.63. The van der Waals surface area contributed by atoms with E-state index in [-0.39, 0.29) is 16.8 Å². The average molecular weight is 398 g/mol. The largest absolute Gasteiger partial charge is 0.325 e. The van der Waals surface area contributed by atoms with Crippen LogP contribution in [0.4, 0.5) is 5.69 Å². The Hall–Kier alpha value is -1.91. The van der Waals surface area contributed by atoms with Crippen LogP contribution in [0.25, 0.3) is 0 Å². The Labute approximate surface area is 158 Å². The van der Waals surface area contributed by atoms with Crippen LogP contribution in [-0.4, -0.2) is 52.7 Å². The van der Waals surface area contributed by atoms with Gasteiger partial charge in [0, 0.05) is 25.8 Å². The second-order valence-electron chi connectivity index (χ2n) is 6.18. The molecule has 1 aromatic carbocycles. The summed E-state index contributed by atoms with van der Waals surface area (Å²) in [4.78, 5) is 12.6. The van der Waals surface area contributed by atoms with Gasteiger partial charge in [0.15, 0.2) is 5.16 Å². The molecule has 1 aromatic heterocycles. The Kier molecular flexibility index (Phi) is 6.43. The molecule has 2 aromatic rings. The third-order valence-corrected chi connectivity index (χ3v) is 6.51. The number of nitrogens with zero attached hydrogens (tertiary/aromatic N) is 4. The molecule has 0 spiro atoms. The molecule has 0 bridgehead atoms. The molecule has 10 heteroatoms. The Balaban J connectivity index is 2.11. The van der Waals surface area contributed by atoms with Crippen LogP contribution in [0.5, 0.6) is 0 Å². The zero-order valence-corrected chi connectivity index (χ0v) is 17.0. The number of benzene rings is 1. The van der Waals surface area contributed by atoms with Gasteiger partial charge in [0.05, 0.1) is 10.1 Å². The molecule has 2 rings (SSSR count). The van der Waals surface area contributed by atoms with Crippen molar-refractivity contribution in [1.29, 1.82) is 0 Å². The molecule has 0 aliphatic carbocycles. The van der Waals surface area contributed by atoms with E-state index < -0.39 is 15.3 Å². The first-order valence-corrected chi connectivity index (χ1v) is 10.3. The van der Waals surface area contributed by atoms with Gasteiger partial charge in [0.2, 0.25) is 15.9 Å². The lowest BCUT2D eigenvalue weighted by Gasteiger charge is -2.15. The second-order valence-corrected chi connectivity index (χ2v) is 9.64. The Morgan fingerprint density at radius 1 is 1.27 bits per heavy atom. The third-order valence-electron chi connectivity index (χ3n) is 3.63.